The first kappa shape index (κ1) is 14.8. The lowest BCUT2D eigenvalue weighted by Gasteiger charge is -2.13. The molecule has 0 aliphatic rings. The highest BCUT2D eigenvalue weighted by molar-refractivity contribution is 9.10. The summed E-state index contributed by atoms with van der Waals surface area (Å²) in [5, 5.41) is -0.532. The minimum Gasteiger partial charge on any atom is -0.204 e. The summed E-state index contributed by atoms with van der Waals surface area (Å²) in [4.78, 5) is 0. The molecular formula is C14H9BrCl2F2. The van der Waals surface area contributed by atoms with E-state index in [2.05, 4.69) is 15.9 Å². The van der Waals surface area contributed by atoms with E-state index < -0.39 is 17.0 Å². The van der Waals surface area contributed by atoms with Crippen molar-refractivity contribution in [3.8, 4) is 0 Å². The van der Waals surface area contributed by atoms with Crippen molar-refractivity contribution in [1.29, 1.82) is 0 Å². The summed E-state index contributed by atoms with van der Waals surface area (Å²) in [7, 11) is 0. The Morgan fingerprint density at radius 2 is 1.74 bits per heavy atom. The third-order valence-corrected chi connectivity index (χ3v) is 4.47. The van der Waals surface area contributed by atoms with Crippen LogP contribution in [0, 0.1) is 18.6 Å². The highest BCUT2D eigenvalue weighted by Crippen LogP contribution is 2.36. The van der Waals surface area contributed by atoms with Crippen LogP contribution in [0.4, 0.5) is 8.78 Å². The van der Waals surface area contributed by atoms with E-state index in [1.165, 1.54) is 0 Å². The summed E-state index contributed by atoms with van der Waals surface area (Å²) in [5.74, 6) is -1.95. The maximum Gasteiger partial charge on any atom is 0.160 e. The second kappa shape index (κ2) is 5.78. The summed E-state index contributed by atoms with van der Waals surface area (Å²) < 4.78 is 27.2. The first-order valence-electron chi connectivity index (χ1n) is 5.44. The molecule has 0 heterocycles. The Morgan fingerprint density at radius 1 is 1.11 bits per heavy atom. The van der Waals surface area contributed by atoms with Gasteiger partial charge >= 0.3 is 0 Å². The molecule has 0 radical (unpaired) electrons. The molecule has 0 saturated carbocycles. The summed E-state index contributed by atoms with van der Waals surface area (Å²) in [6, 6.07) is 7.52. The second-order valence-corrected chi connectivity index (χ2v) is 5.86. The molecule has 0 aromatic heterocycles. The van der Waals surface area contributed by atoms with Gasteiger partial charge < -0.3 is 0 Å². The predicted octanol–water partition coefficient (Wildman–Crippen LogP) is 6.02. The van der Waals surface area contributed by atoms with Gasteiger partial charge in [0.2, 0.25) is 0 Å². The van der Waals surface area contributed by atoms with Crippen molar-refractivity contribution in [3.05, 3.63) is 68.2 Å². The van der Waals surface area contributed by atoms with Gasteiger partial charge in [-0.3, -0.25) is 0 Å². The van der Waals surface area contributed by atoms with E-state index in [4.69, 9.17) is 23.2 Å². The smallest absolute Gasteiger partial charge is 0.160 e. The highest BCUT2D eigenvalue weighted by atomic mass is 79.9. The van der Waals surface area contributed by atoms with Crippen molar-refractivity contribution < 1.29 is 8.78 Å². The highest BCUT2D eigenvalue weighted by Gasteiger charge is 2.18. The molecule has 0 aliphatic heterocycles. The van der Waals surface area contributed by atoms with Crippen LogP contribution in [0.5, 0.6) is 0 Å². The zero-order valence-electron chi connectivity index (χ0n) is 9.85. The van der Waals surface area contributed by atoms with Crippen molar-refractivity contribution in [2.24, 2.45) is 0 Å². The van der Waals surface area contributed by atoms with Crippen LogP contribution in [0.2, 0.25) is 5.02 Å². The van der Waals surface area contributed by atoms with Crippen LogP contribution in [0.25, 0.3) is 0 Å². The van der Waals surface area contributed by atoms with Crippen molar-refractivity contribution >= 4 is 39.1 Å². The quantitative estimate of drug-likeness (QED) is 0.451. The Balaban J connectivity index is 2.46. The van der Waals surface area contributed by atoms with Gasteiger partial charge in [0.15, 0.2) is 11.6 Å². The summed E-state index contributed by atoms with van der Waals surface area (Å²) in [6.07, 6.45) is 0. The van der Waals surface area contributed by atoms with Crippen molar-refractivity contribution in [1.82, 2.24) is 0 Å². The number of hydrogen-bond acceptors (Lipinski definition) is 0. The lowest BCUT2D eigenvalue weighted by molar-refractivity contribution is 0.507. The zero-order chi connectivity index (χ0) is 14.2. The van der Waals surface area contributed by atoms with Crippen LogP contribution in [-0.2, 0) is 0 Å². The van der Waals surface area contributed by atoms with E-state index in [9.17, 15) is 8.78 Å². The molecule has 2 aromatic rings. The molecule has 0 aliphatic carbocycles. The number of benzene rings is 2. The lowest BCUT2D eigenvalue weighted by atomic mass is 10.0. The molecule has 2 aromatic carbocycles. The summed E-state index contributed by atoms with van der Waals surface area (Å²) in [6.45, 7) is 1.95. The average Bonchev–Trinajstić information content (AvgIpc) is 2.36. The van der Waals surface area contributed by atoms with Crippen molar-refractivity contribution in [2.75, 3.05) is 0 Å². The topological polar surface area (TPSA) is 0 Å². The molecule has 0 spiro atoms. The predicted molar refractivity (Wildman–Crippen MR) is 77.9 cm³/mol. The Morgan fingerprint density at radius 3 is 2.37 bits per heavy atom. The number of hydrogen-bond donors (Lipinski definition) is 0. The molecule has 5 heteroatoms. The monoisotopic (exact) mass is 364 g/mol. The minimum absolute atomic E-state index is 0.107. The molecular weight excluding hydrogens is 357 g/mol. The van der Waals surface area contributed by atoms with E-state index in [1.54, 1.807) is 0 Å². The van der Waals surface area contributed by atoms with E-state index in [-0.39, 0.29) is 5.02 Å². The molecule has 0 amide bonds. The average molecular weight is 366 g/mol. The summed E-state index contributed by atoms with van der Waals surface area (Å²) in [5.41, 5.74) is 2.16. The number of halogens is 5. The van der Waals surface area contributed by atoms with Crippen LogP contribution in [0.1, 0.15) is 22.1 Å². The van der Waals surface area contributed by atoms with E-state index >= 15 is 0 Å². The molecule has 19 heavy (non-hydrogen) atoms. The van der Waals surface area contributed by atoms with Gasteiger partial charge in [-0.15, -0.1) is 11.6 Å². The van der Waals surface area contributed by atoms with Gasteiger partial charge in [-0.2, -0.15) is 0 Å². The van der Waals surface area contributed by atoms with Gasteiger partial charge in [-0.1, -0.05) is 39.7 Å². The molecule has 0 fully saturated rings. The van der Waals surface area contributed by atoms with Crippen LogP contribution in [0.3, 0.4) is 0 Å². The van der Waals surface area contributed by atoms with Crippen molar-refractivity contribution in [2.45, 2.75) is 12.3 Å². The van der Waals surface area contributed by atoms with Gasteiger partial charge in [0.25, 0.3) is 0 Å². The maximum atomic E-state index is 13.3. The number of rotatable bonds is 2. The molecule has 2 rings (SSSR count). The Bertz CT molecular complexity index is 629. The molecule has 1 unspecified atom stereocenters. The van der Waals surface area contributed by atoms with Crippen LogP contribution >= 0.6 is 39.1 Å². The second-order valence-electron chi connectivity index (χ2n) is 4.16. The number of aryl methyl sites for hydroxylation is 1. The van der Waals surface area contributed by atoms with Gasteiger partial charge in [-0.05, 0) is 41.8 Å². The standard InChI is InChI=1S/C14H9BrCl2F2/c1-7-2-3-8(4-10(7)15)14(17)9-5-12(18)13(19)6-11(9)16/h2-6,14H,1H3. The Hall–Kier alpha value is -0.640. The maximum absolute atomic E-state index is 13.3. The Labute approximate surface area is 128 Å². The van der Waals surface area contributed by atoms with Crippen LogP contribution in [0.15, 0.2) is 34.8 Å². The molecule has 0 N–H and O–H groups in total. The molecule has 100 valence electrons. The van der Waals surface area contributed by atoms with Crippen molar-refractivity contribution in [3.63, 3.8) is 0 Å². The van der Waals surface area contributed by atoms with E-state index in [0.29, 0.717) is 5.56 Å². The van der Waals surface area contributed by atoms with E-state index in [1.807, 2.05) is 25.1 Å². The number of alkyl halides is 1. The fraction of sp³-hybridized carbons (Fsp3) is 0.143. The first-order chi connectivity index (χ1) is 8.90. The molecule has 0 bridgehead atoms. The third kappa shape index (κ3) is 3.10. The normalized spacial score (nSPS) is 12.5. The molecule has 0 nitrogen and oxygen atoms in total. The zero-order valence-corrected chi connectivity index (χ0v) is 13.0. The van der Waals surface area contributed by atoms with E-state index in [0.717, 1.165) is 27.7 Å². The largest absolute Gasteiger partial charge is 0.204 e. The van der Waals surface area contributed by atoms with Gasteiger partial charge in [0.1, 0.15) is 0 Å². The molecule has 1 atom stereocenters. The fourth-order valence-corrected chi connectivity index (χ4v) is 2.71. The Kier molecular flexibility index (Phi) is 4.49. The summed E-state index contributed by atoms with van der Waals surface area (Å²) >= 11 is 15.6. The first-order valence-corrected chi connectivity index (χ1v) is 7.05. The lowest BCUT2D eigenvalue weighted by Crippen LogP contribution is -1.98. The van der Waals surface area contributed by atoms with Gasteiger partial charge in [0, 0.05) is 9.50 Å². The van der Waals surface area contributed by atoms with Crippen LogP contribution in [-0.4, -0.2) is 0 Å². The molecule has 0 saturated heterocycles. The van der Waals surface area contributed by atoms with Gasteiger partial charge in [0.05, 0.1) is 5.38 Å². The fourth-order valence-electron chi connectivity index (χ4n) is 1.68. The van der Waals surface area contributed by atoms with Crippen LogP contribution < -0.4 is 0 Å². The van der Waals surface area contributed by atoms with Gasteiger partial charge in [-0.25, -0.2) is 8.78 Å². The minimum atomic E-state index is -0.984. The SMILES string of the molecule is Cc1ccc(C(Cl)c2cc(F)c(F)cc2Cl)cc1Br. The third-order valence-electron chi connectivity index (χ3n) is 2.80.